The maximum atomic E-state index is 12.5. The van der Waals surface area contributed by atoms with E-state index >= 15 is 0 Å². The van der Waals surface area contributed by atoms with Crippen molar-refractivity contribution in [2.45, 2.75) is 18.2 Å². The number of hydrogen-bond donors (Lipinski definition) is 1. The fourth-order valence-electron chi connectivity index (χ4n) is 3.24. The Bertz CT molecular complexity index is 1300. The molecular formula is C23H19N5O2S2. The molecule has 0 spiro atoms. The summed E-state index contributed by atoms with van der Waals surface area (Å²) in [6, 6.07) is 21.7. The van der Waals surface area contributed by atoms with E-state index < -0.39 is 0 Å². The highest BCUT2D eigenvalue weighted by molar-refractivity contribution is 7.99. The van der Waals surface area contributed by atoms with E-state index in [0.29, 0.717) is 29.8 Å². The van der Waals surface area contributed by atoms with Gasteiger partial charge in [-0.15, -0.1) is 21.5 Å². The van der Waals surface area contributed by atoms with E-state index in [1.54, 1.807) is 17.6 Å². The SMILES string of the molecule is O=C(CSc1nnc(-c2ccco2)n1Cc1ccccc1)NCc1nc2ccccc2s1. The van der Waals surface area contributed by atoms with Crippen LogP contribution in [0.15, 0.2) is 82.6 Å². The van der Waals surface area contributed by atoms with Gasteiger partial charge < -0.3 is 9.73 Å². The molecule has 7 nitrogen and oxygen atoms in total. The van der Waals surface area contributed by atoms with E-state index in [1.165, 1.54) is 11.8 Å². The summed E-state index contributed by atoms with van der Waals surface area (Å²) in [4.78, 5) is 17.0. The van der Waals surface area contributed by atoms with Crippen LogP contribution in [0.5, 0.6) is 0 Å². The van der Waals surface area contributed by atoms with E-state index in [9.17, 15) is 4.79 Å². The summed E-state index contributed by atoms with van der Waals surface area (Å²) in [5.41, 5.74) is 2.07. The smallest absolute Gasteiger partial charge is 0.230 e. The van der Waals surface area contributed by atoms with Crippen molar-refractivity contribution in [2.24, 2.45) is 0 Å². The number of rotatable bonds is 8. The lowest BCUT2D eigenvalue weighted by atomic mass is 10.2. The molecule has 0 fully saturated rings. The first-order chi connectivity index (χ1) is 15.8. The van der Waals surface area contributed by atoms with E-state index in [-0.39, 0.29) is 11.7 Å². The molecule has 9 heteroatoms. The zero-order chi connectivity index (χ0) is 21.8. The predicted octanol–water partition coefficient (Wildman–Crippen LogP) is 4.60. The second kappa shape index (κ2) is 9.37. The fraction of sp³-hybridized carbons (Fsp3) is 0.130. The normalized spacial score (nSPS) is 11.1. The third kappa shape index (κ3) is 4.58. The maximum Gasteiger partial charge on any atom is 0.230 e. The third-order valence-corrected chi connectivity index (χ3v) is 6.75. The largest absolute Gasteiger partial charge is 0.461 e. The van der Waals surface area contributed by atoms with E-state index in [1.807, 2.05) is 71.3 Å². The number of amides is 1. The van der Waals surface area contributed by atoms with Crippen molar-refractivity contribution in [1.82, 2.24) is 25.1 Å². The highest BCUT2D eigenvalue weighted by Crippen LogP contribution is 2.26. The third-order valence-electron chi connectivity index (χ3n) is 4.75. The van der Waals surface area contributed by atoms with Gasteiger partial charge in [0.2, 0.25) is 11.7 Å². The Hall–Kier alpha value is -3.43. The first-order valence-electron chi connectivity index (χ1n) is 10.0. The number of para-hydroxylation sites is 1. The van der Waals surface area contributed by atoms with Crippen LogP contribution in [0.25, 0.3) is 21.8 Å². The van der Waals surface area contributed by atoms with Crippen molar-refractivity contribution in [3.8, 4) is 11.6 Å². The molecule has 0 aliphatic carbocycles. The molecule has 3 aromatic heterocycles. The number of fused-ring (bicyclic) bond motifs is 1. The van der Waals surface area contributed by atoms with Gasteiger partial charge in [0.25, 0.3) is 0 Å². The summed E-state index contributed by atoms with van der Waals surface area (Å²) in [6.45, 7) is 0.993. The Morgan fingerprint density at radius 1 is 1.03 bits per heavy atom. The number of carbonyl (C=O) groups is 1. The lowest BCUT2D eigenvalue weighted by molar-refractivity contribution is -0.118. The Morgan fingerprint density at radius 2 is 1.88 bits per heavy atom. The quantitative estimate of drug-likeness (QED) is 0.340. The number of nitrogens with one attached hydrogen (secondary N) is 1. The van der Waals surface area contributed by atoms with Crippen molar-refractivity contribution in [3.05, 3.63) is 83.6 Å². The van der Waals surface area contributed by atoms with Crippen LogP contribution >= 0.6 is 23.1 Å². The van der Waals surface area contributed by atoms with Gasteiger partial charge >= 0.3 is 0 Å². The van der Waals surface area contributed by atoms with Crippen LogP contribution < -0.4 is 5.32 Å². The minimum absolute atomic E-state index is 0.0805. The number of carbonyl (C=O) groups excluding carboxylic acids is 1. The van der Waals surface area contributed by atoms with Crippen LogP contribution in [-0.4, -0.2) is 31.4 Å². The molecule has 1 amide bonds. The van der Waals surface area contributed by atoms with Gasteiger partial charge in [-0.2, -0.15) is 0 Å². The zero-order valence-electron chi connectivity index (χ0n) is 17.0. The molecular weight excluding hydrogens is 442 g/mol. The van der Waals surface area contributed by atoms with E-state index in [2.05, 4.69) is 20.5 Å². The van der Waals surface area contributed by atoms with Gasteiger partial charge in [-0.3, -0.25) is 9.36 Å². The number of thioether (sulfide) groups is 1. The molecule has 160 valence electrons. The van der Waals surface area contributed by atoms with Gasteiger partial charge in [-0.1, -0.05) is 54.2 Å². The molecule has 3 heterocycles. The van der Waals surface area contributed by atoms with Crippen molar-refractivity contribution >= 4 is 39.2 Å². The molecule has 0 saturated carbocycles. The van der Waals surface area contributed by atoms with Crippen LogP contribution in [0, 0.1) is 0 Å². The topological polar surface area (TPSA) is 85.8 Å². The average Bonchev–Trinajstić information content (AvgIpc) is 3.56. The van der Waals surface area contributed by atoms with Gasteiger partial charge in [-0.25, -0.2) is 4.98 Å². The van der Waals surface area contributed by atoms with Crippen LogP contribution in [-0.2, 0) is 17.9 Å². The standard InChI is InChI=1S/C23H19N5O2S2/c29-20(24-13-21-25-17-9-4-5-11-19(17)32-21)15-31-23-27-26-22(18-10-6-12-30-18)28(23)14-16-7-2-1-3-8-16/h1-12H,13-15H2,(H,24,29). The zero-order valence-corrected chi connectivity index (χ0v) is 18.6. The summed E-state index contributed by atoms with van der Waals surface area (Å²) in [5.74, 6) is 1.43. The lowest BCUT2D eigenvalue weighted by Crippen LogP contribution is -2.24. The van der Waals surface area contributed by atoms with Gasteiger partial charge in [0.05, 0.1) is 35.3 Å². The highest BCUT2D eigenvalue weighted by Gasteiger charge is 2.18. The molecule has 32 heavy (non-hydrogen) atoms. The molecule has 1 N–H and O–H groups in total. The summed E-state index contributed by atoms with van der Waals surface area (Å²) in [6.07, 6.45) is 1.61. The molecule has 0 saturated heterocycles. The van der Waals surface area contributed by atoms with Crippen LogP contribution in [0.3, 0.4) is 0 Å². The number of nitrogens with zero attached hydrogens (tertiary/aromatic N) is 4. The van der Waals surface area contributed by atoms with Gasteiger partial charge in [-0.05, 0) is 29.8 Å². The molecule has 0 aliphatic heterocycles. The minimum atomic E-state index is -0.0805. The van der Waals surface area contributed by atoms with Gasteiger partial charge in [0.15, 0.2) is 10.9 Å². The Morgan fingerprint density at radius 3 is 2.69 bits per heavy atom. The lowest BCUT2D eigenvalue weighted by Gasteiger charge is -2.09. The number of furan rings is 1. The Kier molecular flexibility index (Phi) is 6.00. The van der Waals surface area contributed by atoms with Crippen molar-refractivity contribution in [3.63, 3.8) is 0 Å². The summed E-state index contributed by atoms with van der Waals surface area (Å²) in [5, 5.41) is 13.1. The van der Waals surface area contributed by atoms with E-state index in [4.69, 9.17) is 4.42 Å². The number of benzene rings is 2. The number of aromatic nitrogens is 4. The minimum Gasteiger partial charge on any atom is -0.461 e. The van der Waals surface area contributed by atoms with Crippen LogP contribution in [0.4, 0.5) is 0 Å². The molecule has 5 aromatic rings. The summed E-state index contributed by atoms with van der Waals surface area (Å²) in [7, 11) is 0. The summed E-state index contributed by atoms with van der Waals surface area (Å²) >= 11 is 2.94. The number of hydrogen-bond acceptors (Lipinski definition) is 7. The van der Waals surface area contributed by atoms with Crippen LogP contribution in [0.1, 0.15) is 10.6 Å². The van der Waals surface area contributed by atoms with Crippen LogP contribution in [0.2, 0.25) is 0 Å². The summed E-state index contributed by atoms with van der Waals surface area (Å²) < 4.78 is 8.62. The van der Waals surface area contributed by atoms with Crippen molar-refractivity contribution in [2.75, 3.05) is 5.75 Å². The Balaban J connectivity index is 1.26. The predicted molar refractivity (Wildman–Crippen MR) is 125 cm³/mol. The number of thiazole rings is 1. The van der Waals surface area contributed by atoms with E-state index in [0.717, 1.165) is 20.8 Å². The maximum absolute atomic E-state index is 12.5. The first kappa shape index (κ1) is 20.5. The van der Waals surface area contributed by atoms with Crippen molar-refractivity contribution < 1.29 is 9.21 Å². The fourth-order valence-corrected chi connectivity index (χ4v) is 4.92. The molecule has 0 radical (unpaired) electrons. The Labute approximate surface area is 192 Å². The molecule has 5 rings (SSSR count). The second-order valence-electron chi connectivity index (χ2n) is 7.00. The molecule has 2 aromatic carbocycles. The van der Waals surface area contributed by atoms with Gasteiger partial charge in [0.1, 0.15) is 5.01 Å². The average molecular weight is 462 g/mol. The monoisotopic (exact) mass is 461 g/mol. The molecule has 0 atom stereocenters. The second-order valence-corrected chi connectivity index (χ2v) is 9.05. The molecule has 0 unspecified atom stereocenters. The highest BCUT2D eigenvalue weighted by atomic mass is 32.2. The van der Waals surface area contributed by atoms with Crippen molar-refractivity contribution in [1.29, 1.82) is 0 Å². The van der Waals surface area contributed by atoms with Gasteiger partial charge in [0, 0.05) is 0 Å². The first-order valence-corrected chi connectivity index (χ1v) is 11.8. The molecule has 0 aliphatic rings. The molecule has 0 bridgehead atoms.